The lowest BCUT2D eigenvalue weighted by atomic mass is 10.1. The third kappa shape index (κ3) is 4.30. The molecular weight excluding hydrogens is 320 g/mol. The minimum absolute atomic E-state index is 0.119. The summed E-state index contributed by atoms with van der Waals surface area (Å²) in [6.07, 6.45) is 0. The molecule has 0 amide bonds. The highest BCUT2D eigenvalue weighted by molar-refractivity contribution is 7.89. The predicted octanol–water partition coefficient (Wildman–Crippen LogP) is 0.873. The van der Waals surface area contributed by atoms with Gasteiger partial charge in [0.2, 0.25) is 0 Å². The van der Waals surface area contributed by atoms with Gasteiger partial charge in [0.05, 0.1) is 10.7 Å². The largest absolute Gasteiger partial charge is 0.374 e. The zero-order chi connectivity index (χ0) is 15.0. The number of aryl methyl sites for hydroxylation is 2. The van der Waals surface area contributed by atoms with E-state index in [1.807, 2.05) is 0 Å². The summed E-state index contributed by atoms with van der Waals surface area (Å²) in [6, 6.07) is 2.89. The maximum absolute atomic E-state index is 11.2. The van der Waals surface area contributed by atoms with Gasteiger partial charge in [0.25, 0.3) is 0 Å². The Morgan fingerprint density at radius 3 is 2.05 bits per heavy atom. The number of hydrogen-bond acceptors (Lipinski definition) is 4. The van der Waals surface area contributed by atoms with Crippen molar-refractivity contribution in [1.29, 1.82) is 0 Å². The normalized spacial score (nSPS) is 12.5. The Kier molecular flexibility index (Phi) is 4.44. The van der Waals surface area contributed by atoms with Crippen LogP contribution >= 0.6 is 11.6 Å². The molecule has 1 aromatic rings. The maximum Gasteiger partial charge on any atom is 0.374 e. The molecule has 0 unspecified atom stereocenters. The van der Waals surface area contributed by atoms with Crippen LogP contribution in [0.1, 0.15) is 11.1 Å². The first-order chi connectivity index (χ1) is 8.42. The lowest BCUT2D eigenvalue weighted by Crippen LogP contribution is -2.46. The topological polar surface area (TPSA) is 124 Å². The van der Waals surface area contributed by atoms with Crippen LogP contribution in [0.5, 0.6) is 0 Å². The Morgan fingerprint density at radius 2 is 1.68 bits per heavy atom. The average Bonchev–Trinajstić information content (AvgIpc) is 2.10. The molecular formula is C8H11ClN2O6S2. The van der Waals surface area contributed by atoms with Crippen LogP contribution in [-0.4, -0.2) is 25.9 Å². The van der Waals surface area contributed by atoms with Crippen molar-refractivity contribution >= 4 is 37.9 Å². The molecule has 0 bridgehead atoms. The molecule has 0 aliphatic carbocycles. The molecule has 0 aliphatic heterocycles. The fourth-order valence-corrected chi connectivity index (χ4v) is 3.37. The minimum atomic E-state index is -5.01. The van der Waals surface area contributed by atoms with Crippen LogP contribution in [0, 0.1) is 13.8 Å². The van der Waals surface area contributed by atoms with Gasteiger partial charge in [-0.2, -0.15) is 21.2 Å². The predicted molar refractivity (Wildman–Crippen MR) is 69.6 cm³/mol. The van der Waals surface area contributed by atoms with E-state index in [2.05, 4.69) is 0 Å². The minimum Gasteiger partial charge on any atom is -0.272 e. The number of halogens is 1. The molecule has 1 aromatic carbocycles. The Bertz CT molecular complexity index is 677. The number of anilines is 1. The summed E-state index contributed by atoms with van der Waals surface area (Å²) < 4.78 is 61.4. The summed E-state index contributed by atoms with van der Waals surface area (Å²) >= 11 is 5.83. The second kappa shape index (κ2) is 5.23. The third-order valence-electron chi connectivity index (χ3n) is 2.03. The summed E-state index contributed by atoms with van der Waals surface area (Å²) in [7, 11) is -9.93. The fraction of sp³-hybridized carbons (Fsp3) is 0.250. The molecule has 0 spiro atoms. The summed E-state index contributed by atoms with van der Waals surface area (Å²) in [6.45, 7) is 3.15. The van der Waals surface area contributed by atoms with Gasteiger partial charge >= 0.3 is 20.6 Å². The molecule has 108 valence electrons. The zero-order valence-electron chi connectivity index (χ0n) is 9.82. The molecule has 0 fully saturated rings. The summed E-state index contributed by atoms with van der Waals surface area (Å²) in [5.74, 6) is 0. The second-order valence-electron chi connectivity index (χ2n) is 3.72. The molecule has 0 saturated heterocycles. The van der Waals surface area contributed by atoms with Crippen molar-refractivity contribution in [2.24, 2.45) is 0 Å². The van der Waals surface area contributed by atoms with Gasteiger partial charge in [-0.1, -0.05) is 22.5 Å². The van der Waals surface area contributed by atoms with E-state index < -0.39 is 20.6 Å². The number of hydrazine groups is 1. The summed E-state index contributed by atoms with van der Waals surface area (Å²) in [5, 5.41) is -0.119. The Hall–Kier alpha value is -0.910. The lowest BCUT2D eigenvalue weighted by molar-refractivity contribution is 0.452. The van der Waals surface area contributed by atoms with Crippen LogP contribution in [0.15, 0.2) is 12.1 Å². The lowest BCUT2D eigenvalue weighted by Gasteiger charge is -2.22. The molecule has 0 saturated carbocycles. The van der Waals surface area contributed by atoms with Crippen molar-refractivity contribution in [3.8, 4) is 0 Å². The van der Waals surface area contributed by atoms with Gasteiger partial charge in [-0.05, 0) is 31.0 Å². The first kappa shape index (κ1) is 16.1. The monoisotopic (exact) mass is 330 g/mol. The van der Waals surface area contributed by atoms with E-state index >= 15 is 0 Å². The molecule has 0 atom stereocenters. The highest BCUT2D eigenvalue weighted by atomic mass is 35.5. The molecule has 3 N–H and O–H groups in total. The van der Waals surface area contributed by atoms with Gasteiger partial charge in [-0.3, -0.25) is 9.11 Å². The van der Waals surface area contributed by atoms with Gasteiger partial charge in [0.1, 0.15) is 0 Å². The van der Waals surface area contributed by atoms with E-state index in [-0.39, 0.29) is 20.7 Å². The quantitative estimate of drug-likeness (QED) is 0.556. The van der Waals surface area contributed by atoms with E-state index in [0.717, 1.165) is 0 Å². The second-order valence-corrected chi connectivity index (χ2v) is 6.52. The maximum atomic E-state index is 11.2. The van der Waals surface area contributed by atoms with Crippen molar-refractivity contribution in [3.63, 3.8) is 0 Å². The van der Waals surface area contributed by atoms with Crippen LogP contribution in [0.3, 0.4) is 0 Å². The number of nitrogens with zero attached hydrogens (tertiary/aromatic N) is 1. The van der Waals surface area contributed by atoms with E-state index in [1.165, 1.54) is 23.9 Å². The van der Waals surface area contributed by atoms with E-state index in [4.69, 9.17) is 20.7 Å². The van der Waals surface area contributed by atoms with Crippen LogP contribution in [0.25, 0.3) is 0 Å². The van der Waals surface area contributed by atoms with Gasteiger partial charge in [0.15, 0.2) is 0 Å². The molecule has 8 nitrogen and oxygen atoms in total. The highest BCUT2D eigenvalue weighted by Crippen LogP contribution is 2.31. The third-order valence-corrected chi connectivity index (χ3v) is 3.58. The molecule has 1 rings (SSSR count). The van der Waals surface area contributed by atoms with Gasteiger partial charge in [-0.25, -0.2) is 0 Å². The number of rotatable bonds is 4. The molecule has 0 heterocycles. The van der Waals surface area contributed by atoms with Gasteiger partial charge < -0.3 is 0 Å². The van der Waals surface area contributed by atoms with E-state index in [9.17, 15) is 16.8 Å². The van der Waals surface area contributed by atoms with Crippen LogP contribution in [0.2, 0.25) is 5.02 Å². The van der Waals surface area contributed by atoms with Crippen molar-refractivity contribution in [2.75, 3.05) is 4.41 Å². The Morgan fingerprint density at radius 1 is 1.16 bits per heavy atom. The fourth-order valence-electron chi connectivity index (χ4n) is 1.48. The summed E-state index contributed by atoms with van der Waals surface area (Å²) in [5.41, 5.74) is 0.666. The smallest absolute Gasteiger partial charge is 0.272 e. The first-order valence-electron chi connectivity index (χ1n) is 4.71. The van der Waals surface area contributed by atoms with Gasteiger partial charge in [0, 0.05) is 0 Å². The zero-order valence-corrected chi connectivity index (χ0v) is 12.2. The van der Waals surface area contributed by atoms with Crippen molar-refractivity contribution in [3.05, 3.63) is 28.3 Å². The Labute approximate surface area is 115 Å². The SMILES string of the molecule is Cc1cc(C)c(N(NS(=O)(=O)O)S(=O)(=O)O)c(Cl)c1. The highest BCUT2D eigenvalue weighted by Gasteiger charge is 2.28. The molecule has 0 radical (unpaired) electrons. The average molecular weight is 331 g/mol. The number of hydrogen-bond donors (Lipinski definition) is 3. The molecule has 19 heavy (non-hydrogen) atoms. The van der Waals surface area contributed by atoms with E-state index in [1.54, 1.807) is 6.92 Å². The van der Waals surface area contributed by atoms with Crippen molar-refractivity contribution in [2.45, 2.75) is 13.8 Å². The van der Waals surface area contributed by atoms with Crippen LogP contribution in [0.4, 0.5) is 5.69 Å². The molecule has 11 heteroatoms. The number of benzene rings is 1. The van der Waals surface area contributed by atoms with Crippen LogP contribution in [-0.2, 0) is 20.6 Å². The standard InChI is InChI=1S/C8H11ClN2O6S2/c1-5-3-6(2)8(7(9)4-5)11(19(15,16)17)10-18(12,13)14/h3-4,10H,1-2H3,(H,12,13,14)(H,15,16,17). The van der Waals surface area contributed by atoms with E-state index in [0.29, 0.717) is 5.56 Å². The molecule has 0 aliphatic rings. The Balaban J connectivity index is 3.52. The molecule has 0 aromatic heterocycles. The van der Waals surface area contributed by atoms with Crippen molar-refractivity contribution < 1.29 is 25.9 Å². The first-order valence-corrected chi connectivity index (χ1v) is 7.92. The van der Waals surface area contributed by atoms with Gasteiger partial charge in [-0.15, -0.1) is 0 Å². The van der Waals surface area contributed by atoms with Crippen LogP contribution < -0.4 is 9.25 Å². The van der Waals surface area contributed by atoms with Crippen molar-refractivity contribution in [1.82, 2.24) is 4.83 Å². The summed E-state index contributed by atoms with van der Waals surface area (Å²) in [4.78, 5) is 1.25. The number of nitrogens with one attached hydrogen (secondary N) is 1.